The number of carbonyl (C=O) groups excluding carboxylic acids is 2. The second kappa shape index (κ2) is 11.9. The number of non-ortho nitro benzene ring substituents is 1. The minimum Gasteiger partial charge on any atom is -0.490 e. The van der Waals surface area contributed by atoms with E-state index in [0.29, 0.717) is 23.7 Å². The van der Waals surface area contributed by atoms with E-state index >= 15 is 0 Å². The van der Waals surface area contributed by atoms with Crippen molar-refractivity contribution in [1.29, 1.82) is 0 Å². The Morgan fingerprint density at radius 2 is 1.80 bits per heavy atom. The fraction of sp³-hybridized carbons (Fsp3) is 0.160. The largest absolute Gasteiger partial charge is 0.490 e. The summed E-state index contributed by atoms with van der Waals surface area (Å²) in [6.45, 7) is 3.82. The lowest BCUT2D eigenvalue weighted by atomic mass is 10.2. The van der Waals surface area contributed by atoms with Crippen molar-refractivity contribution in [2.45, 2.75) is 13.8 Å². The zero-order valence-corrected chi connectivity index (χ0v) is 19.1. The molecule has 0 aliphatic carbocycles. The van der Waals surface area contributed by atoms with Gasteiger partial charge in [0.25, 0.3) is 11.6 Å². The molecule has 0 atom stereocenters. The number of hydrogen-bond acceptors (Lipinski definition) is 8. The van der Waals surface area contributed by atoms with Crippen LogP contribution in [-0.4, -0.2) is 36.2 Å². The van der Waals surface area contributed by atoms with Crippen LogP contribution in [0, 0.1) is 17.0 Å². The van der Waals surface area contributed by atoms with Crippen molar-refractivity contribution >= 4 is 23.8 Å². The van der Waals surface area contributed by atoms with E-state index in [0.717, 1.165) is 5.56 Å². The molecule has 10 nitrogen and oxygen atoms in total. The Kier molecular flexibility index (Phi) is 8.49. The van der Waals surface area contributed by atoms with Gasteiger partial charge in [-0.25, -0.2) is 10.2 Å². The van der Waals surface area contributed by atoms with Gasteiger partial charge in [0.2, 0.25) is 0 Å². The quantitative estimate of drug-likeness (QED) is 0.153. The summed E-state index contributed by atoms with van der Waals surface area (Å²) >= 11 is 0. The van der Waals surface area contributed by atoms with E-state index in [2.05, 4.69) is 10.5 Å². The number of esters is 1. The summed E-state index contributed by atoms with van der Waals surface area (Å²) in [6, 6.07) is 17.2. The van der Waals surface area contributed by atoms with Gasteiger partial charge in [0.05, 0.1) is 23.3 Å². The molecule has 0 unspecified atom stereocenters. The molecule has 3 aromatic carbocycles. The number of nitrogens with one attached hydrogen (secondary N) is 1. The monoisotopic (exact) mass is 477 g/mol. The third kappa shape index (κ3) is 7.39. The third-order valence-electron chi connectivity index (χ3n) is 4.55. The van der Waals surface area contributed by atoms with Crippen LogP contribution in [0.25, 0.3) is 0 Å². The Morgan fingerprint density at radius 3 is 2.49 bits per heavy atom. The lowest BCUT2D eigenvalue weighted by Gasteiger charge is -2.11. The molecular formula is C25H23N3O7. The van der Waals surface area contributed by atoms with E-state index in [1.807, 2.05) is 25.1 Å². The first kappa shape index (κ1) is 24.9. The highest BCUT2D eigenvalue weighted by Gasteiger charge is 2.15. The Labute approximate surface area is 201 Å². The standard InChI is InChI=1S/C25H23N3O7/c1-3-33-23-14-18(15-26-27-24(29)16-34-21-6-4-5-17(2)13-21)7-12-22(23)35-25(30)19-8-10-20(11-9-19)28(31)32/h4-15H,3,16H2,1-2H3,(H,27,29)/b26-15+. The van der Waals surface area contributed by atoms with Gasteiger partial charge >= 0.3 is 5.97 Å². The summed E-state index contributed by atoms with van der Waals surface area (Å²) in [6.07, 6.45) is 1.41. The highest BCUT2D eigenvalue weighted by molar-refractivity contribution is 5.92. The molecule has 0 spiro atoms. The molecule has 3 aromatic rings. The van der Waals surface area contributed by atoms with Gasteiger partial charge in [-0.2, -0.15) is 5.10 Å². The molecule has 0 aromatic heterocycles. The average Bonchev–Trinajstić information content (AvgIpc) is 2.84. The topological polar surface area (TPSA) is 129 Å². The normalized spacial score (nSPS) is 10.6. The maximum Gasteiger partial charge on any atom is 0.343 e. The summed E-state index contributed by atoms with van der Waals surface area (Å²) in [7, 11) is 0. The molecule has 0 aliphatic rings. The van der Waals surface area contributed by atoms with E-state index < -0.39 is 16.8 Å². The van der Waals surface area contributed by atoms with Crippen molar-refractivity contribution in [1.82, 2.24) is 5.43 Å². The summed E-state index contributed by atoms with van der Waals surface area (Å²) in [4.78, 5) is 34.6. The molecule has 1 N–H and O–H groups in total. The molecule has 0 saturated carbocycles. The van der Waals surface area contributed by atoms with Gasteiger partial charge in [-0.1, -0.05) is 12.1 Å². The van der Waals surface area contributed by atoms with Gasteiger partial charge in [0.15, 0.2) is 18.1 Å². The Balaban J connectivity index is 1.60. The third-order valence-corrected chi connectivity index (χ3v) is 4.55. The number of carbonyl (C=O) groups is 2. The predicted molar refractivity (Wildman–Crippen MR) is 128 cm³/mol. The molecule has 0 aliphatic heterocycles. The molecule has 10 heteroatoms. The number of nitro benzene ring substituents is 1. The van der Waals surface area contributed by atoms with E-state index in [1.54, 1.807) is 25.1 Å². The van der Waals surface area contributed by atoms with Gasteiger partial charge in [-0.3, -0.25) is 14.9 Å². The number of nitrogens with zero attached hydrogens (tertiary/aromatic N) is 2. The fourth-order valence-electron chi connectivity index (χ4n) is 2.90. The molecule has 0 radical (unpaired) electrons. The number of ether oxygens (including phenoxy) is 3. The van der Waals surface area contributed by atoms with Crippen molar-refractivity contribution in [3.63, 3.8) is 0 Å². The minimum atomic E-state index is -0.692. The van der Waals surface area contributed by atoms with Gasteiger partial charge in [0, 0.05) is 12.1 Å². The second-order valence-corrected chi connectivity index (χ2v) is 7.23. The van der Waals surface area contributed by atoms with E-state index in [1.165, 1.54) is 36.5 Å². The van der Waals surface area contributed by atoms with Crippen LogP contribution >= 0.6 is 0 Å². The number of rotatable bonds is 10. The molecule has 0 fully saturated rings. The van der Waals surface area contributed by atoms with Crippen LogP contribution in [0.4, 0.5) is 5.69 Å². The van der Waals surface area contributed by atoms with Crippen LogP contribution in [-0.2, 0) is 4.79 Å². The first-order chi connectivity index (χ1) is 16.9. The van der Waals surface area contributed by atoms with Gasteiger partial charge in [0.1, 0.15) is 5.75 Å². The minimum absolute atomic E-state index is 0.131. The molecule has 0 heterocycles. The summed E-state index contributed by atoms with van der Waals surface area (Å²) in [5, 5.41) is 14.7. The van der Waals surface area contributed by atoms with Gasteiger partial charge < -0.3 is 14.2 Å². The maximum absolute atomic E-state index is 12.4. The van der Waals surface area contributed by atoms with Crippen LogP contribution in [0.1, 0.15) is 28.4 Å². The average molecular weight is 477 g/mol. The number of aryl methyl sites for hydroxylation is 1. The van der Waals surface area contributed by atoms with Crippen molar-refractivity contribution in [3.05, 3.63) is 93.5 Å². The van der Waals surface area contributed by atoms with Crippen LogP contribution < -0.4 is 19.6 Å². The van der Waals surface area contributed by atoms with Gasteiger partial charge in [-0.05, 0) is 67.4 Å². The van der Waals surface area contributed by atoms with E-state index in [-0.39, 0.29) is 23.6 Å². The highest BCUT2D eigenvalue weighted by Crippen LogP contribution is 2.29. The molecule has 1 amide bonds. The van der Waals surface area contributed by atoms with E-state index in [9.17, 15) is 19.7 Å². The lowest BCUT2D eigenvalue weighted by molar-refractivity contribution is -0.384. The van der Waals surface area contributed by atoms with Crippen LogP contribution in [0.3, 0.4) is 0 Å². The lowest BCUT2D eigenvalue weighted by Crippen LogP contribution is -2.24. The molecule has 0 saturated heterocycles. The van der Waals surface area contributed by atoms with Crippen LogP contribution in [0.5, 0.6) is 17.2 Å². The molecule has 180 valence electrons. The molecule has 0 bridgehead atoms. The first-order valence-corrected chi connectivity index (χ1v) is 10.6. The van der Waals surface area contributed by atoms with Crippen LogP contribution in [0.15, 0.2) is 71.8 Å². The van der Waals surface area contributed by atoms with Crippen molar-refractivity contribution in [3.8, 4) is 17.2 Å². The van der Waals surface area contributed by atoms with Crippen LogP contribution in [0.2, 0.25) is 0 Å². The number of amides is 1. The summed E-state index contributed by atoms with van der Waals surface area (Å²) in [5.74, 6) is -0.0716. The molecule has 3 rings (SSSR count). The van der Waals surface area contributed by atoms with Crippen molar-refractivity contribution in [2.75, 3.05) is 13.2 Å². The number of nitro groups is 1. The highest BCUT2D eigenvalue weighted by atomic mass is 16.6. The maximum atomic E-state index is 12.4. The SMILES string of the molecule is CCOc1cc(/C=N/NC(=O)COc2cccc(C)c2)ccc1OC(=O)c1ccc([N+](=O)[O-])cc1. The zero-order chi connectivity index (χ0) is 25.2. The van der Waals surface area contributed by atoms with Crippen molar-refractivity contribution in [2.24, 2.45) is 5.10 Å². The first-order valence-electron chi connectivity index (χ1n) is 10.6. The van der Waals surface area contributed by atoms with E-state index in [4.69, 9.17) is 14.2 Å². The number of benzene rings is 3. The number of hydrogen-bond donors (Lipinski definition) is 1. The zero-order valence-electron chi connectivity index (χ0n) is 19.1. The fourth-order valence-corrected chi connectivity index (χ4v) is 2.90. The Bertz CT molecular complexity index is 1240. The Hall–Kier alpha value is -4.73. The summed E-state index contributed by atoms with van der Waals surface area (Å²) < 4.78 is 16.4. The Morgan fingerprint density at radius 1 is 1.03 bits per heavy atom. The number of hydrazone groups is 1. The van der Waals surface area contributed by atoms with Crippen molar-refractivity contribution < 1.29 is 28.7 Å². The molecule has 35 heavy (non-hydrogen) atoms. The summed E-state index contributed by atoms with van der Waals surface area (Å²) in [5.41, 5.74) is 4.01. The second-order valence-electron chi connectivity index (χ2n) is 7.23. The molecular weight excluding hydrogens is 454 g/mol. The predicted octanol–water partition coefficient (Wildman–Crippen LogP) is 4.05. The smallest absolute Gasteiger partial charge is 0.343 e. The van der Waals surface area contributed by atoms with Gasteiger partial charge in [-0.15, -0.1) is 0 Å².